The Morgan fingerprint density at radius 3 is 2.50 bits per heavy atom. The van der Waals surface area contributed by atoms with Crippen molar-refractivity contribution >= 4 is 17.8 Å². The molecule has 3 heterocycles. The van der Waals surface area contributed by atoms with E-state index in [4.69, 9.17) is 20.2 Å². The van der Waals surface area contributed by atoms with Crippen molar-refractivity contribution in [3.63, 3.8) is 0 Å². The predicted molar refractivity (Wildman–Crippen MR) is 126 cm³/mol. The van der Waals surface area contributed by atoms with Crippen molar-refractivity contribution in [1.82, 2.24) is 24.8 Å². The van der Waals surface area contributed by atoms with Gasteiger partial charge in [0.1, 0.15) is 12.2 Å². The highest BCUT2D eigenvalue weighted by molar-refractivity contribution is 5.81. The highest BCUT2D eigenvalue weighted by atomic mass is 16.5. The van der Waals surface area contributed by atoms with Gasteiger partial charge in [-0.15, -0.1) is 0 Å². The monoisotopic (exact) mass is 471 g/mol. The predicted octanol–water partition coefficient (Wildman–Crippen LogP) is 1.13. The van der Waals surface area contributed by atoms with E-state index in [1.54, 1.807) is 30.4 Å². The summed E-state index contributed by atoms with van der Waals surface area (Å²) >= 11 is 0. The van der Waals surface area contributed by atoms with Gasteiger partial charge < -0.3 is 30.1 Å². The first-order valence-corrected chi connectivity index (χ1v) is 11.5. The van der Waals surface area contributed by atoms with Crippen molar-refractivity contribution in [2.75, 3.05) is 44.0 Å². The van der Waals surface area contributed by atoms with E-state index in [-0.39, 0.29) is 24.0 Å². The Bertz CT molecular complexity index is 999. The van der Waals surface area contributed by atoms with Crippen LogP contribution in [0.15, 0.2) is 18.5 Å². The van der Waals surface area contributed by atoms with Gasteiger partial charge in [-0.3, -0.25) is 4.79 Å². The van der Waals surface area contributed by atoms with Crippen LogP contribution in [0.3, 0.4) is 0 Å². The quantitative estimate of drug-likeness (QED) is 0.630. The first-order chi connectivity index (χ1) is 16.1. The number of amides is 1. The summed E-state index contributed by atoms with van der Waals surface area (Å²) in [5.74, 6) is 0.941. The Morgan fingerprint density at radius 2 is 1.88 bits per heavy atom. The molecule has 0 spiro atoms. The molecule has 2 aromatic rings. The fourth-order valence-corrected chi connectivity index (χ4v) is 3.86. The Labute approximate surface area is 199 Å². The third-order valence-corrected chi connectivity index (χ3v) is 6.26. The fraction of sp³-hybridized carbons (Fsp3) is 0.609. The number of nitrogens with zero attached hydrogens (tertiary/aromatic N) is 6. The molecular formula is C23H33N7O4. The third kappa shape index (κ3) is 5.36. The Hall–Kier alpha value is -3.05. The van der Waals surface area contributed by atoms with Crippen LogP contribution in [0.25, 0.3) is 11.3 Å². The number of morpholine rings is 1. The average Bonchev–Trinajstić information content (AvgIpc) is 2.80. The SMILES string of the molecule is CN(C(=O)[C@@H](O)C(C)(C)C)C1CC(Oc2cc(-c3cnc(N)nc3)nc(N3CCOCC3)n2)C1. The molecule has 2 aliphatic rings. The van der Waals surface area contributed by atoms with Gasteiger partial charge in [0.25, 0.3) is 5.91 Å². The van der Waals surface area contributed by atoms with E-state index in [2.05, 4.69) is 19.9 Å². The molecule has 0 radical (unpaired) electrons. The highest BCUT2D eigenvalue weighted by Gasteiger charge is 2.40. The van der Waals surface area contributed by atoms with Gasteiger partial charge in [0.2, 0.25) is 17.8 Å². The molecule has 34 heavy (non-hydrogen) atoms. The molecule has 3 N–H and O–H groups in total. The smallest absolute Gasteiger partial charge is 0.251 e. The van der Waals surface area contributed by atoms with E-state index in [1.165, 1.54) is 0 Å². The maximum atomic E-state index is 12.6. The van der Waals surface area contributed by atoms with Gasteiger partial charge in [0, 0.05) is 63.0 Å². The number of anilines is 2. The molecule has 0 bridgehead atoms. The minimum absolute atomic E-state index is 0.0139. The maximum Gasteiger partial charge on any atom is 0.251 e. The lowest BCUT2D eigenvalue weighted by molar-refractivity contribution is -0.150. The number of nitrogens with two attached hydrogens (primary N) is 1. The zero-order valence-corrected chi connectivity index (χ0v) is 20.1. The number of hydrogen-bond donors (Lipinski definition) is 2. The Balaban J connectivity index is 1.47. The van der Waals surface area contributed by atoms with Gasteiger partial charge in [-0.2, -0.15) is 4.98 Å². The lowest BCUT2D eigenvalue weighted by Crippen LogP contribution is -2.54. The third-order valence-electron chi connectivity index (χ3n) is 6.26. The standard InChI is InChI=1S/C23H33N7O4/c1-23(2,3)19(31)20(32)29(4)15-9-16(10-15)34-18-11-17(14-12-25-21(24)26-13-14)27-22(28-18)30-5-7-33-8-6-30/h11-13,15-16,19,31H,5-10H2,1-4H3,(H2,24,25,26)/t15?,16?,19-/m1/s1. The lowest BCUT2D eigenvalue weighted by atomic mass is 9.85. The molecule has 1 amide bonds. The highest BCUT2D eigenvalue weighted by Crippen LogP contribution is 2.32. The molecule has 1 aliphatic carbocycles. The molecule has 1 saturated heterocycles. The molecule has 184 valence electrons. The zero-order chi connectivity index (χ0) is 24.5. The first kappa shape index (κ1) is 24.1. The minimum atomic E-state index is -1.04. The van der Waals surface area contributed by atoms with Crippen molar-refractivity contribution < 1.29 is 19.4 Å². The summed E-state index contributed by atoms with van der Waals surface area (Å²) in [6.45, 7) is 8.15. The number of aromatic nitrogens is 4. The van der Waals surface area contributed by atoms with E-state index < -0.39 is 11.5 Å². The van der Waals surface area contributed by atoms with Gasteiger partial charge in [-0.05, 0) is 5.41 Å². The second kappa shape index (κ2) is 9.67. The van der Waals surface area contributed by atoms with E-state index in [9.17, 15) is 9.90 Å². The number of aliphatic hydroxyl groups is 1. The Kier molecular flexibility index (Phi) is 6.85. The van der Waals surface area contributed by atoms with Gasteiger partial charge >= 0.3 is 0 Å². The summed E-state index contributed by atoms with van der Waals surface area (Å²) in [5, 5.41) is 10.3. The van der Waals surface area contributed by atoms with Crippen molar-refractivity contribution in [2.45, 2.75) is 51.9 Å². The molecule has 1 atom stereocenters. The Morgan fingerprint density at radius 1 is 1.24 bits per heavy atom. The van der Waals surface area contributed by atoms with Crippen LogP contribution in [0.2, 0.25) is 0 Å². The van der Waals surface area contributed by atoms with Crippen molar-refractivity contribution in [3.8, 4) is 17.1 Å². The van der Waals surface area contributed by atoms with Gasteiger partial charge in [0.05, 0.1) is 18.9 Å². The molecule has 0 unspecified atom stereocenters. The molecule has 2 aromatic heterocycles. The number of aliphatic hydroxyl groups excluding tert-OH is 1. The number of carbonyl (C=O) groups is 1. The van der Waals surface area contributed by atoms with Crippen LogP contribution in [-0.2, 0) is 9.53 Å². The second-order valence-corrected chi connectivity index (χ2v) is 9.90. The summed E-state index contributed by atoms with van der Waals surface area (Å²) < 4.78 is 11.6. The molecule has 1 saturated carbocycles. The van der Waals surface area contributed by atoms with Gasteiger partial charge in [-0.25, -0.2) is 15.0 Å². The van der Waals surface area contributed by atoms with Crippen LogP contribution in [0.5, 0.6) is 5.88 Å². The maximum absolute atomic E-state index is 12.6. The van der Waals surface area contributed by atoms with Gasteiger partial charge in [0.15, 0.2) is 0 Å². The number of hydrogen-bond acceptors (Lipinski definition) is 10. The van der Waals surface area contributed by atoms with E-state index >= 15 is 0 Å². The molecule has 0 aromatic carbocycles. The van der Waals surface area contributed by atoms with Crippen molar-refractivity contribution in [3.05, 3.63) is 18.5 Å². The fourth-order valence-electron chi connectivity index (χ4n) is 3.86. The summed E-state index contributed by atoms with van der Waals surface area (Å²) in [4.78, 5) is 33.8. The summed E-state index contributed by atoms with van der Waals surface area (Å²) in [7, 11) is 1.73. The minimum Gasteiger partial charge on any atom is -0.474 e. The van der Waals surface area contributed by atoms with E-state index in [0.29, 0.717) is 62.2 Å². The molecule has 1 aliphatic heterocycles. The summed E-state index contributed by atoms with van der Waals surface area (Å²) in [6.07, 6.45) is 3.44. The van der Waals surface area contributed by atoms with Crippen LogP contribution in [0, 0.1) is 5.41 Å². The largest absolute Gasteiger partial charge is 0.474 e. The zero-order valence-electron chi connectivity index (χ0n) is 20.1. The second-order valence-electron chi connectivity index (χ2n) is 9.90. The van der Waals surface area contributed by atoms with Gasteiger partial charge in [-0.1, -0.05) is 20.8 Å². The van der Waals surface area contributed by atoms with E-state index in [1.807, 2.05) is 20.8 Å². The lowest BCUT2D eigenvalue weighted by Gasteiger charge is -2.42. The summed E-state index contributed by atoms with van der Waals surface area (Å²) in [6, 6.07) is 1.78. The van der Waals surface area contributed by atoms with Crippen LogP contribution in [0.4, 0.5) is 11.9 Å². The summed E-state index contributed by atoms with van der Waals surface area (Å²) in [5.41, 5.74) is 6.47. The van der Waals surface area contributed by atoms with Crippen LogP contribution in [0.1, 0.15) is 33.6 Å². The molecular weight excluding hydrogens is 438 g/mol. The van der Waals surface area contributed by atoms with E-state index in [0.717, 1.165) is 0 Å². The van der Waals surface area contributed by atoms with Crippen LogP contribution >= 0.6 is 0 Å². The molecule has 4 rings (SSSR count). The van der Waals surface area contributed by atoms with Crippen molar-refractivity contribution in [2.24, 2.45) is 5.41 Å². The normalized spacial score (nSPS) is 21.5. The van der Waals surface area contributed by atoms with Crippen LogP contribution < -0.4 is 15.4 Å². The molecule has 11 nitrogen and oxygen atoms in total. The molecule has 11 heteroatoms. The number of ether oxygens (including phenoxy) is 2. The first-order valence-electron chi connectivity index (χ1n) is 11.5. The van der Waals surface area contributed by atoms with Crippen molar-refractivity contribution in [1.29, 1.82) is 0 Å². The number of likely N-dealkylation sites (N-methyl/N-ethyl adjacent to an activating group) is 1. The number of carbonyl (C=O) groups excluding carboxylic acids is 1. The topological polar surface area (TPSA) is 140 Å². The number of rotatable bonds is 6. The average molecular weight is 472 g/mol. The number of nitrogen functional groups attached to an aromatic ring is 1. The van der Waals surface area contributed by atoms with Crippen LogP contribution in [-0.4, -0.2) is 87.5 Å². The molecule has 2 fully saturated rings.